The van der Waals surface area contributed by atoms with E-state index in [0.717, 1.165) is 24.0 Å². The topological polar surface area (TPSA) is 30.7 Å². The number of hydrogen-bond acceptors (Lipinski definition) is 2. The first-order valence-electron chi connectivity index (χ1n) is 4.71. The summed E-state index contributed by atoms with van der Waals surface area (Å²) in [7, 11) is 0. The second kappa shape index (κ2) is 5.37. The number of halogens is 1. The van der Waals surface area contributed by atoms with Gasteiger partial charge in [0.2, 0.25) is 0 Å². The SMILES string of the molecule is CCC(C)Cn1cc(CCBr)nn1. The third-order valence-electron chi connectivity index (χ3n) is 2.13. The molecule has 0 aromatic carbocycles. The Morgan fingerprint density at radius 2 is 2.38 bits per heavy atom. The van der Waals surface area contributed by atoms with Crippen LogP contribution in [0.1, 0.15) is 26.0 Å². The van der Waals surface area contributed by atoms with Gasteiger partial charge in [0.05, 0.1) is 5.69 Å². The van der Waals surface area contributed by atoms with Crippen molar-refractivity contribution in [1.29, 1.82) is 0 Å². The monoisotopic (exact) mass is 245 g/mol. The van der Waals surface area contributed by atoms with Crippen molar-refractivity contribution in [3.63, 3.8) is 0 Å². The van der Waals surface area contributed by atoms with Crippen LogP contribution in [0.15, 0.2) is 6.20 Å². The van der Waals surface area contributed by atoms with E-state index in [0.29, 0.717) is 5.92 Å². The van der Waals surface area contributed by atoms with Crippen LogP contribution in [0.25, 0.3) is 0 Å². The van der Waals surface area contributed by atoms with Gasteiger partial charge in [0.15, 0.2) is 0 Å². The Morgan fingerprint density at radius 3 is 3.00 bits per heavy atom. The van der Waals surface area contributed by atoms with Gasteiger partial charge in [-0.05, 0) is 5.92 Å². The molecule has 1 rings (SSSR count). The fourth-order valence-electron chi connectivity index (χ4n) is 1.09. The van der Waals surface area contributed by atoms with Gasteiger partial charge in [0.1, 0.15) is 0 Å². The van der Waals surface area contributed by atoms with E-state index in [4.69, 9.17) is 0 Å². The van der Waals surface area contributed by atoms with Crippen LogP contribution in [0, 0.1) is 5.92 Å². The Morgan fingerprint density at radius 1 is 1.62 bits per heavy atom. The van der Waals surface area contributed by atoms with Crippen LogP contribution in [0.3, 0.4) is 0 Å². The van der Waals surface area contributed by atoms with Crippen molar-refractivity contribution in [2.45, 2.75) is 33.2 Å². The minimum Gasteiger partial charge on any atom is -0.252 e. The van der Waals surface area contributed by atoms with E-state index < -0.39 is 0 Å². The molecule has 3 nitrogen and oxygen atoms in total. The number of nitrogens with zero attached hydrogens (tertiary/aromatic N) is 3. The van der Waals surface area contributed by atoms with Crippen LogP contribution < -0.4 is 0 Å². The van der Waals surface area contributed by atoms with Crippen molar-refractivity contribution < 1.29 is 0 Å². The van der Waals surface area contributed by atoms with Gasteiger partial charge in [-0.25, -0.2) is 0 Å². The minimum atomic E-state index is 0.679. The van der Waals surface area contributed by atoms with Crippen LogP contribution in [0.2, 0.25) is 0 Å². The summed E-state index contributed by atoms with van der Waals surface area (Å²) in [6, 6.07) is 0. The highest BCUT2D eigenvalue weighted by atomic mass is 79.9. The molecule has 1 atom stereocenters. The Kier molecular flexibility index (Phi) is 4.42. The quantitative estimate of drug-likeness (QED) is 0.746. The van der Waals surface area contributed by atoms with Crippen molar-refractivity contribution in [2.24, 2.45) is 5.92 Å². The summed E-state index contributed by atoms with van der Waals surface area (Å²) in [6.07, 6.45) is 4.18. The molecule has 1 unspecified atom stereocenters. The zero-order chi connectivity index (χ0) is 9.68. The van der Waals surface area contributed by atoms with E-state index in [2.05, 4.69) is 40.1 Å². The number of alkyl halides is 1. The average Bonchev–Trinajstić information content (AvgIpc) is 2.53. The number of aromatic nitrogens is 3. The lowest BCUT2D eigenvalue weighted by molar-refractivity contribution is 0.431. The van der Waals surface area contributed by atoms with Crippen LogP contribution >= 0.6 is 15.9 Å². The molecule has 0 fully saturated rings. The van der Waals surface area contributed by atoms with E-state index in [1.165, 1.54) is 6.42 Å². The smallest absolute Gasteiger partial charge is 0.0835 e. The molecule has 1 aromatic heterocycles. The molecule has 0 aliphatic carbocycles. The van der Waals surface area contributed by atoms with Crippen LogP contribution in [0.4, 0.5) is 0 Å². The summed E-state index contributed by atoms with van der Waals surface area (Å²) in [5.74, 6) is 0.679. The molecule has 0 N–H and O–H groups in total. The van der Waals surface area contributed by atoms with Crippen LogP contribution in [-0.4, -0.2) is 20.3 Å². The van der Waals surface area contributed by atoms with E-state index in [1.807, 2.05) is 10.9 Å². The first-order chi connectivity index (χ1) is 6.26. The van der Waals surface area contributed by atoms with Crippen molar-refractivity contribution in [3.05, 3.63) is 11.9 Å². The molecular formula is C9H16BrN3. The lowest BCUT2D eigenvalue weighted by atomic mass is 10.1. The Labute approximate surface area is 87.6 Å². The molecule has 74 valence electrons. The Balaban J connectivity index is 2.48. The highest BCUT2D eigenvalue weighted by molar-refractivity contribution is 9.09. The number of hydrogen-bond donors (Lipinski definition) is 0. The van der Waals surface area contributed by atoms with Gasteiger partial charge in [-0.15, -0.1) is 5.10 Å². The van der Waals surface area contributed by atoms with Gasteiger partial charge in [0, 0.05) is 24.5 Å². The molecule has 0 saturated heterocycles. The third kappa shape index (κ3) is 3.46. The normalized spacial score (nSPS) is 13.2. The van der Waals surface area contributed by atoms with Gasteiger partial charge < -0.3 is 0 Å². The van der Waals surface area contributed by atoms with Crippen molar-refractivity contribution in [1.82, 2.24) is 15.0 Å². The molecule has 0 radical (unpaired) electrons. The second-order valence-corrected chi connectivity index (χ2v) is 4.18. The zero-order valence-corrected chi connectivity index (χ0v) is 9.79. The molecule has 0 bridgehead atoms. The Bertz CT molecular complexity index is 247. The van der Waals surface area contributed by atoms with E-state index in [-0.39, 0.29) is 0 Å². The molecule has 0 amide bonds. The molecule has 0 aliphatic rings. The van der Waals surface area contributed by atoms with E-state index in [9.17, 15) is 0 Å². The van der Waals surface area contributed by atoms with Crippen molar-refractivity contribution >= 4 is 15.9 Å². The van der Waals surface area contributed by atoms with Gasteiger partial charge in [0.25, 0.3) is 0 Å². The molecule has 0 saturated carbocycles. The maximum absolute atomic E-state index is 4.08. The second-order valence-electron chi connectivity index (χ2n) is 3.38. The minimum absolute atomic E-state index is 0.679. The molecular weight excluding hydrogens is 230 g/mol. The average molecular weight is 246 g/mol. The fourth-order valence-corrected chi connectivity index (χ4v) is 1.49. The highest BCUT2D eigenvalue weighted by Gasteiger charge is 2.03. The van der Waals surface area contributed by atoms with E-state index in [1.54, 1.807) is 0 Å². The molecule has 4 heteroatoms. The molecule has 0 aliphatic heterocycles. The van der Waals surface area contributed by atoms with Crippen molar-refractivity contribution in [3.8, 4) is 0 Å². The third-order valence-corrected chi connectivity index (χ3v) is 2.53. The number of rotatable bonds is 5. The van der Waals surface area contributed by atoms with Gasteiger partial charge >= 0.3 is 0 Å². The van der Waals surface area contributed by atoms with Gasteiger partial charge in [-0.3, -0.25) is 4.68 Å². The fraction of sp³-hybridized carbons (Fsp3) is 0.778. The summed E-state index contributed by atoms with van der Waals surface area (Å²) in [5.41, 5.74) is 1.07. The first kappa shape index (κ1) is 10.7. The lowest BCUT2D eigenvalue weighted by Crippen LogP contribution is -2.07. The molecule has 13 heavy (non-hydrogen) atoms. The standard InChI is InChI=1S/C9H16BrN3/c1-3-8(2)6-13-7-9(4-5-10)11-12-13/h7-8H,3-6H2,1-2H3. The van der Waals surface area contributed by atoms with Gasteiger partial charge in [-0.2, -0.15) is 0 Å². The summed E-state index contributed by atoms with van der Waals surface area (Å²) < 4.78 is 1.94. The largest absolute Gasteiger partial charge is 0.252 e. The van der Waals surface area contributed by atoms with Crippen molar-refractivity contribution in [2.75, 3.05) is 5.33 Å². The molecule has 1 heterocycles. The zero-order valence-electron chi connectivity index (χ0n) is 8.20. The summed E-state index contributed by atoms with van der Waals surface area (Å²) in [6.45, 7) is 5.40. The Hall–Kier alpha value is -0.380. The predicted molar refractivity (Wildman–Crippen MR) is 57.0 cm³/mol. The highest BCUT2D eigenvalue weighted by Crippen LogP contribution is 2.05. The number of aryl methyl sites for hydroxylation is 1. The van der Waals surface area contributed by atoms with Crippen LogP contribution in [-0.2, 0) is 13.0 Å². The summed E-state index contributed by atoms with van der Waals surface area (Å²) >= 11 is 3.38. The summed E-state index contributed by atoms with van der Waals surface area (Å²) in [5, 5.41) is 9.10. The molecule has 1 aromatic rings. The van der Waals surface area contributed by atoms with E-state index >= 15 is 0 Å². The van der Waals surface area contributed by atoms with Gasteiger partial charge in [-0.1, -0.05) is 41.4 Å². The maximum atomic E-state index is 4.08. The lowest BCUT2D eigenvalue weighted by Gasteiger charge is -2.06. The first-order valence-corrected chi connectivity index (χ1v) is 5.83. The van der Waals surface area contributed by atoms with Crippen LogP contribution in [0.5, 0.6) is 0 Å². The molecule has 0 spiro atoms. The predicted octanol–water partition coefficient (Wildman–Crippen LogP) is 2.26. The summed E-state index contributed by atoms with van der Waals surface area (Å²) in [4.78, 5) is 0. The maximum Gasteiger partial charge on any atom is 0.0835 e.